The number of hydrogen-bond donors (Lipinski definition) is 1. The summed E-state index contributed by atoms with van der Waals surface area (Å²) in [7, 11) is 0. The first-order valence-electron chi connectivity index (χ1n) is 5.95. The molecule has 20 heavy (non-hydrogen) atoms. The SMILES string of the molecule is CC(N)c1c(F)cccc1Oc1ccc([N+](=O)[O-])cc1. The van der Waals surface area contributed by atoms with Gasteiger partial charge >= 0.3 is 0 Å². The standard InChI is InChI=1S/C14H13FN2O3/c1-9(16)14-12(15)3-2-4-13(14)20-11-7-5-10(6-8-11)17(18)19/h2-9H,16H2,1H3. The van der Waals surface area contributed by atoms with E-state index in [2.05, 4.69) is 0 Å². The minimum atomic E-state index is -0.524. The highest BCUT2D eigenvalue weighted by molar-refractivity contribution is 5.42. The molecule has 1 atom stereocenters. The van der Waals surface area contributed by atoms with E-state index >= 15 is 0 Å². The highest BCUT2D eigenvalue weighted by Gasteiger charge is 2.14. The zero-order valence-electron chi connectivity index (χ0n) is 10.7. The number of nitro groups is 1. The number of rotatable bonds is 4. The Bertz CT molecular complexity index is 627. The second-order valence-corrected chi connectivity index (χ2v) is 4.29. The summed E-state index contributed by atoms with van der Waals surface area (Å²) in [6.45, 7) is 1.65. The fourth-order valence-electron chi connectivity index (χ4n) is 1.81. The lowest BCUT2D eigenvalue weighted by atomic mass is 10.1. The van der Waals surface area contributed by atoms with Crippen molar-refractivity contribution in [2.24, 2.45) is 5.73 Å². The van der Waals surface area contributed by atoms with E-state index in [9.17, 15) is 14.5 Å². The highest BCUT2D eigenvalue weighted by Crippen LogP contribution is 2.31. The number of nitrogens with zero attached hydrogens (tertiary/aromatic N) is 1. The molecule has 0 heterocycles. The van der Waals surface area contributed by atoms with E-state index in [1.54, 1.807) is 13.0 Å². The van der Waals surface area contributed by atoms with Crippen molar-refractivity contribution < 1.29 is 14.1 Å². The van der Waals surface area contributed by atoms with Gasteiger partial charge in [0.05, 0.1) is 4.92 Å². The summed E-state index contributed by atoms with van der Waals surface area (Å²) in [5, 5.41) is 10.6. The first-order chi connectivity index (χ1) is 9.49. The minimum absolute atomic E-state index is 0.0380. The molecule has 2 aromatic rings. The van der Waals surface area contributed by atoms with E-state index in [1.807, 2.05) is 0 Å². The van der Waals surface area contributed by atoms with Crippen LogP contribution in [0.1, 0.15) is 18.5 Å². The van der Waals surface area contributed by atoms with E-state index in [1.165, 1.54) is 36.4 Å². The number of hydrogen-bond acceptors (Lipinski definition) is 4. The van der Waals surface area contributed by atoms with Gasteiger partial charge in [-0.15, -0.1) is 0 Å². The molecule has 0 bridgehead atoms. The van der Waals surface area contributed by atoms with Crippen LogP contribution in [-0.2, 0) is 0 Å². The Balaban J connectivity index is 2.30. The van der Waals surface area contributed by atoms with Gasteiger partial charge in [0.1, 0.15) is 17.3 Å². The fraction of sp³-hybridized carbons (Fsp3) is 0.143. The van der Waals surface area contributed by atoms with E-state index < -0.39 is 16.8 Å². The van der Waals surface area contributed by atoms with Gasteiger partial charge in [-0.25, -0.2) is 4.39 Å². The van der Waals surface area contributed by atoms with Gasteiger partial charge in [-0.2, -0.15) is 0 Å². The first-order valence-corrected chi connectivity index (χ1v) is 5.95. The maximum atomic E-state index is 13.7. The van der Waals surface area contributed by atoms with Crippen LogP contribution in [0.25, 0.3) is 0 Å². The Labute approximate surface area is 114 Å². The number of nitrogens with two attached hydrogens (primary N) is 1. The number of ether oxygens (including phenoxy) is 1. The summed E-state index contributed by atoms with van der Waals surface area (Å²) in [6, 6.07) is 9.44. The van der Waals surface area contributed by atoms with Crippen LogP contribution in [-0.4, -0.2) is 4.92 Å². The number of non-ortho nitro benzene ring substituents is 1. The van der Waals surface area contributed by atoms with E-state index in [-0.39, 0.29) is 11.3 Å². The summed E-state index contributed by atoms with van der Waals surface area (Å²) < 4.78 is 19.3. The molecule has 0 amide bonds. The van der Waals surface area contributed by atoms with E-state index in [0.29, 0.717) is 11.5 Å². The summed E-state index contributed by atoms with van der Waals surface area (Å²) in [4.78, 5) is 10.1. The van der Waals surface area contributed by atoms with Crippen LogP contribution in [0.15, 0.2) is 42.5 Å². The van der Waals surface area contributed by atoms with Crippen molar-refractivity contribution in [2.75, 3.05) is 0 Å². The topological polar surface area (TPSA) is 78.4 Å². The summed E-state index contributed by atoms with van der Waals surface area (Å²) in [5.74, 6) is 0.233. The Morgan fingerprint density at radius 1 is 1.25 bits per heavy atom. The van der Waals surface area contributed by atoms with E-state index in [4.69, 9.17) is 10.5 Å². The van der Waals surface area contributed by atoms with Crippen molar-refractivity contribution in [1.82, 2.24) is 0 Å². The summed E-state index contributed by atoms with van der Waals surface area (Å²) in [5.41, 5.74) is 5.95. The molecule has 104 valence electrons. The van der Waals surface area contributed by atoms with Crippen LogP contribution >= 0.6 is 0 Å². The zero-order valence-corrected chi connectivity index (χ0v) is 10.7. The number of halogens is 1. The molecule has 5 nitrogen and oxygen atoms in total. The van der Waals surface area contributed by atoms with Gasteiger partial charge in [-0.1, -0.05) is 6.07 Å². The predicted molar refractivity (Wildman–Crippen MR) is 72.2 cm³/mol. The quantitative estimate of drug-likeness (QED) is 0.684. The highest BCUT2D eigenvalue weighted by atomic mass is 19.1. The molecule has 2 rings (SSSR count). The molecule has 1 unspecified atom stereocenters. The fourth-order valence-corrected chi connectivity index (χ4v) is 1.81. The Morgan fingerprint density at radius 2 is 1.90 bits per heavy atom. The normalized spacial score (nSPS) is 11.9. The van der Waals surface area contributed by atoms with Crippen molar-refractivity contribution in [3.05, 3.63) is 64.0 Å². The van der Waals surface area contributed by atoms with Crippen LogP contribution in [0, 0.1) is 15.9 Å². The molecule has 0 radical (unpaired) electrons. The van der Waals surface area contributed by atoms with Crippen molar-refractivity contribution in [3.63, 3.8) is 0 Å². The number of benzene rings is 2. The third kappa shape index (κ3) is 2.92. The zero-order chi connectivity index (χ0) is 14.7. The van der Waals surface area contributed by atoms with Crippen LogP contribution in [0.3, 0.4) is 0 Å². The third-order valence-corrected chi connectivity index (χ3v) is 2.74. The summed E-state index contributed by atoms with van der Waals surface area (Å²) >= 11 is 0. The lowest BCUT2D eigenvalue weighted by Gasteiger charge is -2.14. The second-order valence-electron chi connectivity index (χ2n) is 4.29. The molecule has 2 N–H and O–H groups in total. The van der Waals surface area contributed by atoms with Crippen molar-refractivity contribution in [2.45, 2.75) is 13.0 Å². The molecule has 0 saturated heterocycles. The molecule has 0 spiro atoms. The predicted octanol–water partition coefficient (Wildman–Crippen LogP) is 3.55. The molecule has 0 aliphatic rings. The van der Waals surface area contributed by atoms with E-state index in [0.717, 1.165) is 0 Å². The first kappa shape index (κ1) is 14.0. The summed E-state index contributed by atoms with van der Waals surface area (Å²) in [6.07, 6.45) is 0. The van der Waals surface area contributed by atoms with Crippen LogP contribution in [0.4, 0.5) is 10.1 Å². The van der Waals surface area contributed by atoms with Gasteiger partial charge in [0.2, 0.25) is 0 Å². The third-order valence-electron chi connectivity index (χ3n) is 2.74. The molecule has 0 aliphatic carbocycles. The van der Waals surface area contributed by atoms with Crippen LogP contribution in [0.5, 0.6) is 11.5 Å². The van der Waals surface area contributed by atoms with Gasteiger partial charge < -0.3 is 10.5 Å². The Kier molecular flexibility index (Phi) is 3.95. The number of nitro benzene ring substituents is 1. The van der Waals surface area contributed by atoms with Crippen LogP contribution in [0.2, 0.25) is 0 Å². The molecule has 0 aliphatic heterocycles. The average Bonchev–Trinajstić information content (AvgIpc) is 2.39. The van der Waals surface area contributed by atoms with Crippen molar-refractivity contribution >= 4 is 5.69 Å². The maximum Gasteiger partial charge on any atom is 0.269 e. The average molecular weight is 276 g/mol. The van der Waals surface area contributed by atoms with Gasteiger partial charge in [-0.05, 0) is 31.2 Å². The lowest BCUT2D eigenvalue weighted by Crippen LogP contribution is -2.09. The smallest absolute Gasteiger partial charge is 0.269 e. The Hall–Kier alpha value is -2.47. The molecule has 2 aromatic carbocycles. The second kappa shape index (κ2) is 5.66. The van der Waals surface area contributed by atoms with Gasteiger partial charge in [-0.3, -0.25) is 10.1 Å². The molecule has 0 saturated carbocycles. The molecular formula is C14H13FN2O3. The van der Waals surface area contributed by atoms with Gasteiger partial charge in [0.25, 0.3) is 5.69 Å². The van der Waals surface area contributed by atoms with Crippen molar-refractivity contribution in [3.8, 4) is 11.5 Å². The molecule has 6 heteroatoms. The maximum absolute atomic E-state index is 13.7. The molecule has 0 aromatic heterocycles. The van der Waals surface area contributed by atoms with Crippen LogP contribution < -0.4 is 10.5 Å². The Morgan fingerprint density at radius 3 is 2.45 bits per heavy atom. The molecular weight excluding hydrogens is 263 g/mol. The minimum Gasteiger partial charge on any atom is -0.457 e. The van der Waals surface area contributed by atoms with Gasteiger partial charge in [0, 0.05) is 23.7 Å². The molecule has 0 fully saturated rings. The largest absolute Gasteiger partial charge is 0.457 e. The van der Waals surface area contributed by atoms with Gasteiger partial charge in [0.15, 0.2) is 0 Å². The van der Waals surface area contributed by atoms with Crippen molar-refractivity contribution in [1.29, 1.82) is 0 Å². The lowest BCUT2D eigenvalue weighted by molar-refractivity contribution is -0.384. The monoisotopic (exact) mass is 276 g/mol.